The second kappa shape index (κ2) is 11.2. The number of esters is 1. The van der Waals surface area contributed by atoms with Crippen molar-refractivity contribution in [3.8, 4) is 17.2 Å². The maximum atomic E-state index is 13.5. The third kappa shape index (κ3) is 4.70. The zero-order valence-corrected chi connectivity index (χ0v) is 21.8. The van der Waals surface area contributed by atoms with Gasteiger partial charge in [-0.1, -0.05) is 13.0 Å². The molecule has 0 radical (unpaired) electrons. The molecule has 0 bridgehead atoms. The molecular formula is C27H28N4O7. The predicted octanol–water partition coefficient (Wildman–Crippen LogP) is 3.00. The average molecular weight is 521 g/mol. The molecule has 0 unspecified atom stereocenters. The molecule has 11 nitrogen and oxygen atoms in total. The van der Waals surface area contributed by atoms with Crippen molar-refractivity contribution in [1.82, 2.24) is 14.0 Å². The van der Waals surface area contributed by atoms with Crippen molar-refractivity contribution in [3.05, 3.63) is 69.6 Å². The second-order valence-electron chi connectivity index (χ2n) is 8.17. The van der Waals surface area contributed by atoms with E-state index in [4.69, 9.17) is 18.9 Å². The maximum Gasteiger partial charge on any atom is 0.341 e. The van der Waals surface area contributed by atoms with Crippen molar-refractivity contribution in [2.45, 2.75) is 26.8 Å². The minimum atomic E-state index is -0.715. The summed E-state index contributed by atoms with van der Waals surface area (Å²) in [5.74, 6) is -0.513. The minimum Gasteiger partial charge on any atom is -0.493 e. The van der Waals surface area contributed by atoms with Gasteiger partial charge in [0.25, 0.3) is 11.5 Å². The lowest BCUT2D eigenvalue weighted by molar-refractivity contribution is 0.0523. The van der Waals surface area contributed by atoms with Crippen LogP contribution in [0.2, 0.25) is 0 Å². The molecule has 38 heavy (non-hydrogen) atoms. The van der Waals surface area contributed by atoms with Gasteiger partial charge in [-0.2, -0.15) is 4.99 Å². The fourth-order valence-electron chi connectivity index (χ4n) is 4.16. The number of rotatable bonds is 8. The van der Waals surface area contributed by atoms with Gasteiger partial charge >= 0.3 is 5.97 Å². The molecule has 1 amide bonds. The van der Waals surface area contributed by atoms with E-state index in [9.17, 15) is 14.4 Å². The van der Waals surface area contributed by atoms with Gasteiger partial charge in [-0.3, -0.25) is 14.0 Å². The Morgan fingerprint density at radius 1 is 1.00 bits per heavy atom. The minimum absolute atomic E-state index is 0.0247. The lowest BCUT2D eigenvalue weighted by atomic mass is 10.1. The van der Waals surface area contributed by atoms with Gasteiger partial charge in [-0.15, -0.1) is 0 Å². The van der Waals surface area contributed by atoms with Gasteiger partial charge in [0.2, 0.25) is 5.75 Å². The largest absolute Gasteiger partial charge is 0.493 e. The highest BCUT2D eigenvalue weighted by Crippen LogP contribution is 2.38. The van der Waals surface area contributed by atoms with Gasteiger partial charge in [-0.05, 0) is 43.7 Å². The quantitative estimate of drug-likeness (QED) is 0.257. The molecule has 0 saturated carbocycles. The van der Waals surface area contributed by atoms with E-state index in [2.05, 4.69) is 9.98 Å². The molecule has 0 fully saturated rings. The molecular weight excluding hydrogens is 492 g/mol. The highest BCUT2D eigenvalue weighted by atomic mass is 16.5. The van der Waals surface area contributed by atoms with E-state index in [0.29, 0.717) is 30.0 Å². The van der Waals surface area contributed by atoms with Crippen LogP contribution in [0.15, 0.2) is 52.4 Å². The fraction of sp³-hybridized carbons (Fsp3) is 0.296. The Hall–Kier alpha value is -4.67. The number of amides is 1. The van der Waals surface area contributed by atoms with E-state index in [1.54, 1.807) is 35.9 Å². The Labute approximate surface area is 217 Å². The third-order valence-corrected chi connectivity index (χ3v) is 5.85. The number of hydrogen-bond donors (Lipinski definition) is 0. The Kier molecular flexibility index (Phi) is 7.75. The van der Waals surface area contributed by atoms with Gasteiger partial charge in [-0.25, -0.2) is 9.78 Å². The van der Waals surface area contributed by atoms with Gasteiger partial charge in [0.1, 0.15) is 16.9 Å². The summed E-state index contributed by atoms with van der Waals surface area (Å²) in [6.45, 7) is 4.02. The number of ether oxygens (including phenoxy) is 4. The number of fused-ring (bicyclic) bond motifs is 2. The smallest absolute Gasteiger partial charge is 0.341 e. The molecule has 198 valence electrons. The molecule has 4 rings (SSSR count). The van der Waals surface area contributed by atoms with E-state index < -0.39 is 11.9 Å². The van der Waals surface area contributed by atoms with Crippen molar-refractivity contribution < 1.29 is 28.5 Å². The molecule has 4 aromatic rings. The molecule has 11 heteroatoms. The van der Waals surface area contributed by atoms with Crippen LogP contribution in [-0.2, 0) is 11.3 Å². The van der Waals surface area contributed by atoms with E-state index in [-0.39, 0.29) is 45.7 Å². The van der Waals surface area contributed by atoms with Crippen LogP contribution in [0, 0.1) is 0 Å². The molecule has 0 saturated heterocycles. The van der Waals surface area contributed by atoms with E-state index in [1.165, 1.54) is 43.9 Å². The number of pyridine rings is 2. The first-order valence-corrected chi connectivity index (χ1v) is 12.0. The highest BCUT2D eigenvalue weighted by Gasteiger charge is 2.21. The first-order chi connectivity index (χ1) is 18.4. The summed E-state index contributed by atoms with van der Waals surface area (Å²) < 4.78 is 24.3. The zero-order chi connectivity index (χ0) is 27.4. The monoisotopic (exact) mass is 520 g/mol. The number of methoxy groups -OCH3 is 3. The number of aromatic nitrogens is 3. The van der Waals surface area contributed by atoms with Crippen molar-refractivity contribution in [2.75, 3.05) is 27.9 Å². The van der Waals surface area contributed by atoms with Crippen molar-refractivity contribution in [3.63, 3.8) is 0 Å². The van der Waals surface area contributed by atoms with E-state index in [1.807, 2.05) is 6.92 Å². The lowest BCUT2D eigenvalue weighted by Crippen LogP contribution is -2.32. The van der Waals surface area contributed by atoms with Crippen LogP contribution in [0.1, 0.15) is 41.0 Å². The Balaban J connectivity index is 2.08. The lowest BCUT2D eigenvalue weighted by Gasteiger charge is -2.15. The molecule has 0 spiro atoms. The average Bonchev–Trinajstić information content (AvgIpc) is 2.93. The first kappa shape index (κ1) is 26.4. The molecule has 3 aromatic heterocycles. The second-order valence-corrected chi connectivity index (χ2v) is 8.17. The zero-order valence-electron chi connectivity index (χ0n) is 21.8. The number of carbonyl (C=O) groups is 2. The standard InChI is InChI=1S/C27H28N4O7/c1-6-11-31-23-17(26(33)30-12-9-8-10-21(30)28-23)15-18(27(34)38-7-2)24(31)29-25(32)16-13-19(35-3)22(37-5)20(14-16)36-4/h8-10,12-15H,6-7,11H2,1-5H3. The summed E-state index contributed by atoms with van der Waals surface area (Å²) in [6, 6.07) is 9.52. The van der Waals surface area contributed by atoms with Gasteiger partial charge in [0, 0.05) is 18.3 Å². The van der Waals surface area contributed by atoms with Crippen LogP contribution >= 0.6 is 0 Å². The summed E-state index contributed by atoms with van der Waals surface area (Å²) in [5.41, 5.74) is 0.507. The third-order valence-electron chi connectivity index (χ3n) is 5.85. The molecule has 0 atom stereocenters. The van der Waals surface area contributed by atoms with Crippen LogP contribution in [0.25, 0.3) is 16.7 Å². The molecule has 0 aliphatic rings. The van der Waals surface area contributed by atoms with Crippen LogP contribution in [0.3, 0.4) is 0 Å². The molecule has 0 aliphatic carbocycles. The summed E-state index contributed by atoms with van der Waals surface area (Å²) >= 11 is 0. The summed E-state index contributed by atoms with van der Waals surface area (Å²) in [6.07, 6.45) is 2.22. The summed E-state index contributed by atoms with van der Waals surface area (Å²) in [5, 5.41) is 0.199. The number of nitrogens with zero attached hydrogens (tertiary/aromatic N) is 4. The Bertz CT molecular complexity index is 1650. The molecule has 1 aromatic carbocycles. The number of benzene rings is 1. The van der Waals surface area contributed by atoms with Crippen molar-refractivity contribution in [2.24, 2.45) is 4.99 Å². The topological polar surface area (TPSA) is 123 Å². The maximum absolute atomic E-state index is 13.5. The van der Waals surface area contributed by atoms with Crippen LogP contribution in [0.5, 0.6) is 17.2 Å². The summed E-state index contributed by atoms with van der Waals surface area (Å²) in [7, 11) is 4.34. The number of hydrogen-bond acceptors (Lipinski definition) is 8. The van der Waals surface area contributed by atoms with E-state index >= 15 is 0 Å². The molecule has 0 aliphatic heterocycles. The van der Waals surface area contributed by atoms with Crippen molar-refractivity contribution >= 4 is 28.6 Å². The van der Waals surface area contributed by atoms with Crippen molar-refractivity contribution in [1.29, 1.82) is 0 Å². The Morgan fingerprint density at radius 2 is 1.71 bits per heavy atom. The first-order valence-electron chi connectivity index (χ1n) is 12.0. The van der Waals surface area contributed by atoms with E-state index in [0.717, 1.165) is 0 Å². The SMILES string of the molecule is CCCn1c(=NC(=O)c2cc(OC)c(OC)c(OC)c2)c(C(=O)OCC)cc2c(=O)n3ccccc3nc21. The normalized spacial score (nSPS) is 11.6. The highest BCUT2D eigenvalue weighted by molar-refractivity contribution is 5.98. The van der Waals surface area contributed by atoms with Crippen LogP contribution in [0.4, 0.5) is 0 Å². The fourth-order valence-corrected chi connectivity index (χ4v) is 4.16. The molecule has 3 heterocycles. The predicted molar refractivity (Wildman–Crippen MR) is 139 cm³/mol. The van der Waals surface area contributed by atoms with Crippen LogP contribution < -0.4 is 25.3 Å². The van der Waals surface area contributed by atoms with Crippen LogP contribution in [-0.4, -0.2) is 53.8 Å². The number of aryl methyl sites for hydroxylation is 1. The van der Waals surface area contributed by atoms with Gasteiger partial charge in [0.05, 0.1) is 33.3 Å². The molecule has 0 N–H and O–H groups in total. The van der Waals surface area contributed by atoms with Gasteiger partial charge in [0.15, 0.2) is 17.0 Å². The summed E-state index contributed by atoms with van der Waals surface area (Å²) in [4.78, 5) is 48.9. The van der Waals surface area contributed by atoms with Gasteiger partial charge < -0.3 is 23.5 Å². The number of carbonyl (C=O) groups excluding carboxylic acids is 2. The Morgan fingerprint density at radius 3 is 2.32 bits per heavy atom.